The average Bonchev–Trinajstić information content (AvgIpc) is 3.17. The quantitative estimate of drug-likeness (QED) is 0.797. The van der Waals surface area contributed by atoms with Gasteiger partial charge >= 0.3 is 0 Å². The van der Waals surface area contributed by atoms with E-state index in [4.69, 9.17) is 14.3 Å². The Hall–Kier alpha value is -2.69. The van der Waals surface area contributed by atoms with E-state index in [0.717, 1.165) is 54.5 Å². The number of ether oxygens (including phenoxy) is 1. The van der Waals surface area contributed by atoms with Crippen molar-refractivity contribution in [2.24, 2.45) is 0 Å². The van der Waals surface area contributed by atoms with E-state index in [1.54, 1.807) is 13.4 Å². The third-order valence-corrected chi connectivity index (χ3v) is 4.20. The number of aromatic nitrogens is 2. The molecule has 0 fully saturated rings. The van der Waals surface area contributed by atoms with Crippen molar-refractivity contribution in [2.75, 3.05) is 19.0 Å². The van der Waals surface area contributed by atoms with E-state index in [1.807, 2.05) is 41.1 Å². The molecule has 0 amide bonds. The van der Waals surface area contributed by atoms with Crippen molar-refractivity contribution in [3.63, 3.8) is 0 Å². The van der Waals surface area contributed by atoms with Gasteiger partial charge in [0, 0.05) is 12.1 Å². The van der Waals surface area contributed by atoms with E-state index >= 15 is 0 Å². The molecule has 4 rings (SSSR count). The molecule has 0 atom stereocenters. The number of para-hydroxylation sites is 2. The predicted octanol–water partition coefficient (Wildman–Crippen LogP) is 3.89. The van der Waals surface area contributed by atoms with Crippen molar-refractivity contribution in [1.29, 1.82) is 0 Å². The van der Waals surface area contributed by atoms with Gasteiger partial charge in [-0.1, -0.05) is 12.1 Å². The monoisotopic (exact) mass is 309 g/mol. The Bertz CT molecular complexity index is 806. The number of fused-ring (bicyclic) bond motifs is 1. The Kier molecular flexibility index (Phi) is 3.54. The van der Waals surface area contributed by atoms with E-state index in [-0.39, 0.29) is 0 Å². The maximum absolute atomic E-state index is 5.60. The molecule has 0 spiro atoms. The number of hydrogen-bond acceptors (Lipinski definition) is 4. The fraction of sp³-hybridized carbons (Fsp3) is 0.278. The van der Waals surface area contributed by atoms with Crippen LogP contribution in [0.15, 0.2) is 47.1 Å². The summed E-state index contributed by atoms with van der Waals surface area (Å²) in [4.78, 5) is 0. The molecule has 3 heterocycles. The van der Waals surface area contributed by atoms with Gasteiger partial charge in [-0.25, -0.2) is 4.68 Å². The summed E-state index contributed by atoms with van der Waals surface area (Å²) in [5.41, 5.74) is 3.05. The van der Waals surface area contributed by atoms with Crippen molar-refractivity contribution in [3.05, 3.63) is 48.2 Å². The van der Waals surface area contributed by atoms with Crippen molar-refractivity contribution in [3.8, 4) is 22.9 Å². The molecule has 23 heavy (non-hydrogen) atoms. The lowest BCUT2D eigenvalue weighted by molar-refractivity contribution is 0.412. The van der Waals surface area contributed by atoms with Gasteiger partial charge in [0.15, 0.2) is 5.76 Å². The van der Waals surface area contributed by atoms with Crippen molar-refractivity contribution < 1.29 is 9.15 Å². The predicted molar refractivity (Wildman–Crippen MR) is 89.2 cm³/mol. The SMILES string of the molecule is COc1ccccc1-n1nc(-c2ccco2)c2c1NCCCC2. The van der Waals surface area contributed by atoms with Crippen LogP contribution in [0.1, 0.15) is 18.4 Å². The molecule has 1 aromatic carbocycles. The maximum atomic E-state index is 5.60. The Morgan fingerprint density at radius 3 is 2.91 bits per heavy atom. The van der Waals surface area contributed by atoms with E-state index < -0.39 is 0 Å². The minimum atomic E-state index is 0.801. The highest BCUT2D eigenvalue weighted by Crippen LogP contribution is 2.36. The van der Waals surface area contributed by atoms with Gasteiger partial charge in [0.25, 0.3) is 0 Å². The lowest BCUT2D eigenvalue weighted by Crippen LogP contribution is -2.08. The summed E-state index contributed by atoms with van der Waals surface area (Å²) in [6.45, 7) is 0.950. The number of methoxy groups -OCH3 is 1. The molecule has 3 aromatic rings. The van der Waals surface area contributed by atoms with Crippen LogP contribution in [-0.4, -0.2) is 23.4 Å². The molecule has 2 aromatic heterocycles. The van der Waals surface area contributed by atoms with Crippen LogP contribution in [0.5, 0.6) is 5.75 Å². The van der Waals surface area contributed by atoms with Gasteiger partial charge in [0.05, 0.1) is 13.4 Å². The third-order valence-electron chi connectivity index (χ3n) is 4.20. The van der Waals surface area contributed by atoms with E-state index in [9.17, 15) is 0 Å². The van der Waals surface area contributed by atoms with Crippen molar-refractivity contribution >= 4 is 5.82 Å². The van der Waals surface area contributed by atoms with Crippen molar-refractivity contribution in [1.82, 2.24) is 9.78 Å². The van der Waals surface area contributed by atoms with E-state index in [0.29, 0.717) is 0 Å². The summed E-state index contributed by atoms with van der Waals surface area (Å²) in [6, 6.07) is 11.8. The van der Waals surface area contributed by atoms with Crippen molar-refractivity contribution in [2.45, 2.75) is 19.3 Å². The summed E-state index contributed by atoms with van der Waals surface area (Å²) in [6.07, 6.45) is 4.98. The van der Waals surface area contributed by atoms with Gasteiger partial charge in [-0.2, -0.15) is 5.10 Å². The topological polar surface area (TPSA) is 52.2 Å². The standard InChI is InChI=1S/C18H19N3O2/c1-22-15-9-3-2-8-14(15)21-18-13(7-4-5-11-19-18)17(20-21)16-10-6-12-23-16/h2-3,6,8-10,12,19H,4-5,7,11H2,1H3. The molecule has 0 saturated carbocycles. The summed E-state index contributed by atoms with van der Waals surface area (Å²) in [7, 11) is 1.68. The molecule has 0 saturated heterocycles. The number of hydrogen-bond donors (Lipinski definition) is 1. The minimum Gasteiger partial charge on any atom is -0.494 e. The highest BCUT2D eigenvalue weighted by molar-refractivity contribution is 5.69. The first-order chi connectivity index (χ1) is 11.4. The number of nitrogens with one attached hydrogen (secondary N) is 1. The molecule has 0 radical (unpaired) electrons. The van der Waals surface area contributed by atoms with Crippen LogP contribution in [0, 0.1) is 0 Å². The average molecular weight is 309 g/mol. The summed E-state index contributed by atoms with van der Waals surface area (Å²) in [5, 5.41) is 8.36. The summed E-state index contributed by atoms with van der Waals surface area (Å²) in [5.74, 6) is 2.65. The third kappa shape index (κ3) is 2.38. The van der Waals surface area contributed by atoms with Crippen LogP contribution >= 0.6 is 0 Å². The maximum Gasteiger partial charge on any atom is 0.154 e. The normalized spacial score (nSPS) is 14.0. The lowest BCUT2D eigenvalue weighted by atomic mass is 10.1. The second-order valence-electron chi connectivity index (χ2n) is 5.62. The number of benzene rings is 1. The van der Waals surface area contributed by atoms with Crippen LogP contribution in [0.2, 0.25) is 0 Å². The van der Waals surface area contributed by atoms with Gasteiger partial charge in [-0.3, -0.25) is 0 Å². The van der Waals surface area contributed by atoms with Crippen LogP contribution in [0.4, 0.5) is 5.82 Å². The highest BCUT2D eigenvalue weighted by Gasteiger charge is 2.24. The molecule has 0 aliphatic carbocycles. The molecule has 0 unspecified atom stereocenters. The number of anilines is 1. The Morgan fingerprint density at radius 2 is 2.09 bits per heavy atom. The molecule has 1 N–H and O–H groups in total. The molecule has 5 heteroatoms. The second kappa shape index (κ2) is 5.83. The fourth-order valence-corrected chi connectivity index (χ4v) is 3.09. The van der Waals surface area contributed by atoms with Gasteiger partial charge in [-0.15, -0.1) is 0 Å². The van der Waals surface area contributed by atoms with Gasteiger partial charge in [-0.05, 0) is 43.5 Å². The van der Waals surface area contributed by atoms with E-state index in [2.05, 4.69) is 5.32 Å². The number of furan rings is 1. The first-order valence-corrected chi connectivity index (χ1v) is 7.91. The van der Waals surface area contributed by atoms with E-state index in [1.165, 1.54) is 5.56 Å². The Balaban J connectivity index is 1.93. The van der Waals surface area contributed by atoms with Gasteiger partial charge < -0.3 is 14.5 Å². The zero-order chi connectivity index (χ0) is 15.6. The summed E-state index contributed by atoms with van der Waals surface area (Å²) < 4.78 is 13.0. The number of rotatable bonds is 3. The smallest absolute Gasteiger partial charge is 0.154 e. The molecular formula is C18H19N3O2. The van der Waals surface area contributed by atoms with Crippen LogP contribution in [0.3, 0.4) is 0 Å². The zero-order valence-electron chi connectivity index (χ0n) is 13.1. The molecular weight excluding hydrogens is 290 g/mol. The van der Waals surface area contributed by atoms with Gasteiger partial charge in [0.2, 0.25) is 0 Å². The molecule has 0 bridgehead atoms. The fourth-order valence-electron chi connectivity index (χ4n) is 3.09. The Labute approximate surface area is 134 Å². The zero-order valence-corrected chi connectivity index (χ0v) is 13.1. The van der Waals surface area contributed by atoms with Gasteiger partial charge in [0.1, 0.15) is 22.9 Å². The van der Waals surface area contributed by atoms with Crippen LogP contribution < -0.4 is 10.1 Å². The first kappa shape index (κ1) is 13.9. The Morgan fingerprint density at radius 1 is 1.17 bits per heavy atom. The molecule has 118 valence electrons. The second-order valence-corrected chi connectivity index (χ2v) is 5.62. The first-order valence-electron chi connectivity index (χ1n) is 7.91. The van der Waals surface area contributed by atoms with Crippen LogP contribution in [-0.2, 0) is 6.42 Å². The van der Waals surface area contributed by atoms with Crippen LogP contribution in [0.25, 0.3) is 17.1 Å². The highest BCUT2D eigenvalue weighted by atomic mass is 16.5. The number of nitrogens with zero attached hydrogens (tertiary/aromatic N) is 2. The molecule has 5 nitrogen and oxygen atoms in total. The molecule has 1 aliphatic heterocycles. The lowest BCUT2D eigenvalue weighted by Gasteiger charge is -2.12. The summed E-state index contributed by atoms with van der Waals surface area (Å²) >= 11 is 0. The molecule has 1 aliphatic rings. The largest absolute Gasteiger partial charge is 0.494 e. The minimum absolute atomic E-state index is 0.801.